The minimum absolute atomic E-state index is 0.0562. The van der Waals surface area contributed by atoms with Crippen molar-refractivity contribution in [3.05, 3.63) is 84.1 Å². The van der Waals surface area contributed by atoms with Crippen molar-refractivity contribution in [1.29, 1.82) is 0 Å². The van der Waals surface area contributed by atoms with Crippen molar-refractivity contribution in [2.24, 2.45) is 11.8 Å². The van der Waals surface area contributed by atoms with Crippen LogP contribution in [0.5, 0.6) is 0 Å². The lowest BCUT2D eigenvalue weighted by Crippen LogP contribution is -2.36. The summed E-state index contributed by atoms with van der Waals surface area (Å²) < 4.78 is 0. The van der Waals surface area contributed by atoms with Crippen LogP contribution in [0.15, 0.2) is 67.4 Å². The monoisotopic (exact) mass is 385 g/mol. The Morgan fingerprint density at radius 3 is 2.66 bits per heavy atom. The Labute approximate surface area is 170 Å². The van der Waals surface area contributed by atoms with Crippen molar-refractivity contribution in [3.8, 4) is 0 Å². The van der Waals surface area contributed by atoms with Gasteiger partial charge in [0.1, 0.15) is 12.1 Å². The summed E-state index contributed by atoms with van der Waals surface area (Å²) in [5, 5.41) is 0. The van der Waals surface area contributed by atoms with Gasteiger partial charge in [0.25, 0.3) is 5.91 Å². The molecule has 2 aromatic heterocycles. The van der Waals surface area contributed by atoms with E-state index in [4.69, 9.17) is 0 Å². The van der Waals surface area contributed by atoms with Gasteiger partial charge in [-0.25, -0.2) is 9.97 Å². The standard InChI is InChI=1S/C23H23N5O/c1-16-5-2-3-7-19(16)22-20-14-27(21-8-10-25-15-26-21)12-18(20)13-28(22)23(29)17-6-4-9-24-11-17/h2-11,15,18,20,22H,12-14H2,1H3/t18-,20-,22+/m0/s1. The van der Waals surface area contributed by atoms with Gasteiger partial charge in [-0.3, -0.25) is 9.78 Å². The Bertz CT molecular complexity index is 1010. The Morgan fingerprint density at radius 1 is 1.00 bits per heavy atom. The zero-order chi connectivity index (χ0) is 19.8. The molecule has 0 bridgehead atoms. The summed E-state index contributed by atoms with van der Waals surface area (Å²) in [5.41, 5.74) is 3.11. The third-order valence-electron chi connectivity index (χ3n) is 6.23. The molecule has 2 aliphatic rings. The number of rotatable bonds is 3. The molecule has 2 aliphatic heterocycles. The molecule has 29 heavy (non-hydrogen) atoms. The van der Waals surface area contributed by atoms with Crippen LogP contribution in [0.2, 0.25) is 0 Å². The van der Waals surface area contributed by atoms with Gasteiger partial charge in [-0.15, -0.1) is 0 Å². The van der Waals surface area contributed by atoms with E-state index in [-0.39, 0.29) is 11.9 Å². The van der Waals surface area contributed by atoms with Crippen LogP contribution >= 0.6 is 0 Å². The maximum absolute atomic E-state index is 13.4. The molecule has 5 rings (SSSR count). The van der Waals surface area contributed by atoms with Crippen molar-refractivity contribution >= 4 is 11.7 Å². The van der Waals surface area contributed by atoms with Gasteiger partial charge in [0.2, 0.25) is 0 Å². The van der Waals surface area contributed by atoms with Gasteiger partial charge in [-0.05, 0) is 36.2 Å². The zero-order valence-electron chi connectivity index (χ0n) is 16.3. The Hall–Kier alpha value is -3.28. The second kappa shape index (κ2) is 7.28. The summed E-state index contributed by atoms with van der Waals surface area (Å²) in [6.07, 6.45) is 6.75. The van der Waals surface area contributed by atoms with E-state index in [1.54, 1.807) is 24.9 Å². The van der Waals surface area contributed by atoms with Crippen molar-refractivity contribution in [2.45, 2.75) is 13.0 Å². The molecule has 6 heteroatoms. The van der Waals surface area contributed by atoms with Gasteiger partial charge in [-0.1, -0.05) is 24.3 Å². The van der Waals surface area contributed by atoms with E-state index in [9.17, 15) is 4.79 Å². The van der Waals surface area contributed by atoms with Crippen LogP contribution in [0.25, 0.3) is 0 Å². The number of amides is 1. The van der Waals surface area contributed by atoms with Gasteiger partial charge in [-0.2, -0.15) is 0 Å². The van der Waals surface area contributed by atoms with Crippen LogP contribution in [-0.2, 0) is 0 Å². The third kappa shape index (κ3) is 3.14. The van der Waals surface area contributed by atoms with Crippen LogP contribution < -0.4 is 4.90 Å². The lowest BCUT2D eigenvalue weighted by atomic mass is 9.87. The van der Waals surface area contributed by atoms with Crippen LogP contribution in [0, 0.1) is 18.8 Å². The van der Waals surface area contributed by atoms with E-state index < -0.39 is 0 Å². The van der Waals surface area contributed by atoms with Crippen molar-refractivity contribution in [2.75, 3.05) is 24.5 Å². The van der Waals surface area contributed by atoms with Gasteiger partial charge in [0, 0.05) is 50.1 Å². The topological polar surface area (TPSA) is 62.2 Å². The summed E-state index contributed by atoms with van der Waals surface area (Å²) >= 11 is 0. The normalized spacial score (nSPS) is 23.3. The third-order valence-corrected chi connectivity index (χ3v) is 6.23. The molecule has 0 radical (unpaired) electrons. The average Bonchev–Trinajstić information content (AvgIpc) is 3.33. The molecule has 1 amide bonds. The molecule has 0 N–H and O–H groups in total. The van der Waals surface area contributed by atoms with Gasteiger partial charge < -0.3 is 9.80 Å². The van der Waals surface area contributed by atoms with Crippen LogP contribution in [0.4, 0.5) is 5.82 Å². The first kappa shape index (κ1) is 17.8. The van der Waals surface area contributed by atoms with Gasteiger partial charge >= 0.3 is 0 Å². The second-order valence-electron chi connectivity index (χ2n) is 7.90. The Kier molecular flexibility index (Phi) is 4.46. The molecule has 0 unspecified atom stereocenters. The number of likely N-dealkylation sites (tertiary alicyclic amines) is 1. The number of aromatic nitrogens is 3. The molecule has 0 spiro atoms. The summed E-state index contributed by atoms with van der Waals surface area (Å²) in [6, 6.07) is 14.1. The van der Waals surface area contributed by atoms with Crippen molar-refractivity contribution < 1.29 is 4.79 Å². The summed E-state index contributed by atoms with van der Waals surface area (Å²) in [6.45, 7) is 4.67. The quantitative estimate of drug-likeness (QED) is 0.693. The number of hydrogen-bond donors (Lipinski definition) is 0. The highest BCUT2D eigenvalue weighted by Crippen LogP contribution is 2.46. The Morgan fingerprint density at radius 2 is 1.90 bits per heavy atom. The summed E-state index contributed by atoms with van der Waals surface area (Å²) in [7, 11) is 0. The fraction of sp³-hybridized carbons (Fsp3) is 0.304. The lowest BCUT2D eigenvalue weighted by Gasteiger charge is -2.31. The van der Waals surface area contributed by atoms with Crippen LogP contribution in [0.1, 0.15) is 27.5 Å². The number of carbonyl (C=O) groups is 1. The first-order chi connectivity index (χ1) is 14.2. The fourth-order valence-electron chi connectivity index (χ4n) is 4.88. The number of hydrogen-bond acceptors (Lipinski definition) is 5. The van der Waals surface area contributed by atoms with E-state index in [1.165, 1.54) is 11.1 Å². The van der Waals surface area contributed by atoms with Crippen molar-refractivity contribution in [1.82, 2.24) is 19.9 Å². The molecular formula is C23H23N5O. The molecule has 1 aromatic carbocycles. The van der Waals surface area contributed by atoms with Crippen molar-refractivity contribution in [3.63, 3.8) is 0 Å². The lowest BCUT2D eigenvalue weighted by molar-refractivity contribution is 0.0715. The molecule has 0 saturated carbocycles. The summed E-state index contributed by atoms with van der Waals surface area (Å²) in [4.78, 5) is 30.4. The number of fused-ring (bicyclic) bond motifs is 1. The number of anilines is 1. The predicted molar refractivity (Wildman–Crippen MR) is 110 cm³/mol. The maximum atomic E-state index is 13.4. The van der Waals surface area contributed by atoms with Gasteiger partial charge in [0.05, 0.1) is 11.6 Å². The minimum Gasteiger partial charge on any atom is -0.356 e. The fourth-order valence-corrected chi connectivity index (χ4v) is 4.88. The molecule has 146 valence electrons. The zero-order valence-corrected chi connectivity index (χ0v) is 16.3. The minimum atomic E-state index is 0.0562. The largest absolute Gasteiger partial charge is 0.356 e. The van der Waals surface area contributed by atoms with E-state index >= 15 is 0 Å². The molecule has 3 atom stereocenters. The average molecular weight is 385 g/mol. The first-order valence-corrected chi connectivity index (χ1v) is 10.00. The number of carbonyl (C=O) groups excluding carboxylic acids is 1. The molecular weight excluding hydrogens is 362 g/mol. The predicted octanol–water partition coefficient (Wildman–Crippen LogP) is 3.13. The Balaban J connectivity index is 1.50. The highest BCUT2D eigenvalue weighted by molar-refractivity contribution is 5.94. The SMILES string of the molecule is Cc1ccccc1[C@@H]1[C@H]2CN(c3ccncn3)C[C@H]2CN1C(=O)c1cccnc1. The first-order valence-electron chi connectivity index (χ1n) is 10.00. The molecule has 4 heterocycles. The molecule has 2 saturated heterocycles. The smallest absolute Gasteiger partial charge is 0.255 e. The van der Waals surface area contributed by atoms with E-state index in [0.717, 1.165) is 25.5 Å². The van der Waals surface area contributed by atoms with Crippen LogP contribution in [0.3, 0.4) is 0 Å². The molecule has 0 aliphatic carbocycles. The number of nitrogens with zero attached hydrogens (tertiary/aromatic N) is 5. The second-order valence-corrected chi connectivity index (χ2v) is 7.90. The number of benzene rings is 1. The number of aryl methyl sites for hydroxylation is 1. The summed E-state index contributed by atoms with van der Waals surface area (Å²) in [5.74, 6) is 1.80. The highest BCUT2D eigenvalue weighted by atomic mass is 16.2. The molecule has 2 fully saturated rings. The van der Waals surface area contributed by atoms with E-state index in [0.29, 0.717) is 17.4 Å². The molecule has 6 nitrogen and oxygen atoms in total. The van der Waals surface area contributed by atoms with E-state index in [2.05, 4.69) is 55.9 Å². The highest BCUT2D eigenvalue weighted by Gasteiger charge is 2.49. The maximum Gasteiger partial charge on any atom is 0.255 e. The van der Waals surface area contributed by atoms with Crippen LogP contribution in [-0.4, -0.2) is 45.4 Å². The number of pyridine rings is 1. The van der Waals surface area contributed by atoms with E-state index in [1.807, 2.05) is 18.2 Å². The van der Waals surface area contributed by atoms with Gasteiger partial charge in [0.15, 0.2) is 0 Å². The molecule has 3 aromatic rings.